The van der Waals surface area contributed by atoms with Gasteiger partial charge in [0.05, 0.1) is 21.3 Å². The Morgan fingerprint density at radius 2 is 1.60 bits per heavy atom. The van der Waals surface area contributed by atoms with E-state index in [0.717, 1.165) is 30.3 Å². The van der Waals surface area contributed by atoms with Crippen molar-refractivity contribution in [2.45, 2.75) is 35.3 Å². The highest BCUT2D eigenvalue weighted by atomic mass is 32.2. The Morgan fingerprint density at radius 3 is 2.13 bits per heavy atom. The summed E-state index contributed by atoms with van der Waals surface area (Å²) in [7, 11) is -4.07. The number of alkyl halides is 6. The van der Waals surface area contributed by atoms with Crippen molar-refractivity contribution in [2.75, 3.05) is 5.32 Å². The average Bonchev–Trinajstić information content (AvgIpc) is 2.59. The van der Waals surface area contributed by atoms with Gasteiger partial charge in [-0.25, -0.2) is 13.4 Å². The van der Waals surface area contributed by atoms with E-state index < -0.39 is 55.3 Å². The fourth-order valence-corrected chi connectivity index (χ4v) is 4.85. The van der Waals surface area contributed by atoms with Crippen molar-refractivity contribution in [3.05, 3.63) is 53.7 Å². The van der Waals surface area contributed by atoms with Crippen LogP contribution in [-0.2, 0) is 27.0 Å². The summed E-state index contributed by atoms with van der Waals surface area (Å²) in [6.45, 7) is 0. The first-order chi connectivity index (χ1) is 13.8. The molecule has 5 nitrogen and oxygen atoms in total. The van der Waals surface area contributed by atoms with Crippen molar-refractivity contribution in [1.82, 2.24) is 4.98 Å². The molecule has 0 bridgehead atoms. The quantitative estimate of drug-likeness (QED) is 0.702. The van der Waals surface area contributed by atoms with Crippen LogP contribution in [0.25, 0.3) is 0 Å². The van der Waals surface area contributed by atoms with E-state index in [2.05, 4.69) is 10.3 Å². The molecule has 0 spiro atoms. The lowest BCUT2D eigenvalue weighted by atomic mass is 9.84. The van der Waals surface area contributed by atoms with Gasteiger partial charge in [0.2, 0.25) is 5.91 Å². The van der Waals surface area contributed by atoms with Crippen LogP contribution >= 0.6 is 0 Å². The first kappa shape index (κ1) is 22.1. The van der Waals surface area contributed by atoms with Gasteiger partial charge in [-0.1, -0.05) is 6.07 Å². The van der Waals surface area contributed by atoms with Gasteiger partial charge >= 0.3 is 12.4 Å². The first-order valence-corrected chi connectivity index (χ1v) is 10.1. The predicted octanol–water partition coefficient (Wildman–Crippen LogP) is 4.31. The fraction of sp³-hybridized carbons (Fsp3) is 0.333. The smallest absolute Gasteiger partial charge is 0.310 e. The fourth-order valence-electron chi connectivity index (χ4n) is 2.94. The summed E-state index contributed by atoms with van der Waals surface area (Å²) in [5, 5.41) is 1.27. The van der Waals surface area contributed by atoms with Gasteiger partial charge in [0, 0.05) is 12.1 Å². The molecule has 1 saturated carbocycles. The van der Waals surface area contributed by atoms with Gasteiger partial charge in [-0.2, -0.15) is 26.3 Å². The molecule has 1 fully saturated rings. The Kier molecular flexibility index (Phi) is 5.56. The predicted molar refractivity (Wildman–Crippen MR) is 93.0 cm³/mol. The van der Waals surface area contributed by atoms with Crippen molar-refractivity contribution in [2.24, 2.45) is 5.92 Å². The molecular weight excluding hydrogens is 438 g/mol. The lowest BCUT2D eigenvalue weighted by molar-refractivity contribution is -0.138. The van der Waals surface area contributed by atoms with E-state index in [0.29, 0.717) is 12.3 Å². The number of carbonyl (C=O) groups excluding carboxylic acids is 1. The van der Waals surface area contributed by atoms with Gasteiger partial charge in [0.25, 0.3) is 0 Å². The van der Waals surface area contributed by atoms with Crippen molar-refractivity contribution >= 4 is 21.6 Å². The molecule has 162 valence electrons. The van der Waals surface area contributed by atoms with Crippen molar-refractivity contribution in [1.29, 1.82) is 0 Å². The maximum atomic E-state index is 12.8. The Balaban J connectivity index is 1.63. The number of nitrogens with zero attached hydrogens (tertiary/aromatic N) is 1. The van der Waals surface area contributed by atoms with Crippen LogP contribution in [0.5, 0.6) is 0 Å². The standard InChI is InChI=1S/C18H14F6N2O3S/c19-17(20,21)11-2-1-3-13(8-11)30(28,29)14-6-10(7-14)16(27)26-15-5-4-12(9-25-15)18(22,23)24/h1-5,8-10,14H,6-7H2,(H,25,26,27)/t10-,14+. The van der Waals surface area contributed by atoms with Crippen LogP contribution in [-0.4, -0.2) is 24.6 Å². The lowest BCUT2D eigenvalue weighted by Crippen LogP contribution is -2.42. The van der Waals surface area contributed by atoms with E-state index in [1.165, 1.54) is 0 Å². The molecule has 0 radical (unpaired) electrons. The van der Waals surface area contributed by atoms with Crippen LogP contribution in [0.2, 0.25) is 0 Å². The Morgan fingerprint density at radius 1 is 0.967 bits per heavy atom. The number of hydrogen-bond donors (Lipinski definition) is 1. The molecule has 0 atom stereocenters. The molecule has 0 saturated heterocycles. The maximum absolute atomic E-state index is 12.8. The minimum atomic E-state index is -4.69. The van der Waals surface area contributed by atoms with Gasteiger partial charge in [0.1, 0.15) is 5.82 Å². The van der Waals surface area contributed by atoms with Crippen LogP contribution < -0.4 is 5.32 Å². The van der Waals surface area contributed by atoms with Crippen molar-refractivity contribution in [3.63, 3.8) is 0 Å². The van der Waals surface area contributed by atoms with Crippen LogP contribution in [0.3, 0.4) is 0 Å². The second-order valence-electron chi connectivity index (χ2n) is 6.78. The largest absolute Gasteiger partial charge is 0.417 e. The summed E-state index contributed by atoms with van der Waals surface area (Å²) in [5.74, 6) is -1.50. The zero-order valence-corrected chi connectivity index (χ0v) is 15.8. The minimum absolute atomic E-state index is 0.120. The summed E-state index contributed by atoms with van der Waals surface area (Å²) in [5.41, 5.74) is -2.08. The van der Waals surface area contributed by atoms with E-state index in [1.807, 2.05) is 0 Å². The maximum Gasteiger partial charge on any atom is 0.417 e. The monoisotopic (exact) mass is 452 g/mol. The second kappa shape index (κ2) is 7.56. The Hall–Kier alpha value is -2.63. The molecule has 3 rings (SSSR count). The summed E-state index contributed by atoms with van der Waals surface area (Å²) >= 11 is 0. The molecule has 0 unspecified atom stereocenters. The normalized spacial score (nSPS) is 19.8. The number of amides is 1. The summed E-state index contributed by atoms with van der Waals surface area (Å²) in [6.07, 6.45) is -8.95. The van der Waals surface area contributed by atoms with Gasteiger partial charge in [-0.05, 0) is 43.2 Å². The summed E-state index contributed by atoms with van der Waals surface area (Å²) < 4.78 is 101. The SMILES string of the molecule is O=C(Nc1ccc(C(F)(F)F)cn1)[C@H]1C[C@@H](S(=O)(=O)c2cccc(C(F)(F)F)c2)C1. The molecule has 1 aromatic heterocycles. The van der Waals surface area contributed by atoms with E-state index in [1.54, 1.807) is 0 Å². The third-order valence-electron chi connectivity index (χ3n) is 4.74. The molecule has 1 aromatic carbocycles. The first-order valence-electron chi connectivity index (χ1n) is 8.54. The molecule has 0 aliphatic heterocycles. The number of aromatic nitrogens is 1. The third kappa shape index (κ3) is 4.58. The number of carbonyl (C=O) groups is 1. The highest BCUT2D eigenvalue weighted by Crippen LogP contribution is 2.38. The second-order valence-corrected chi connectivity index (χ2v) is 9.01. The number of hydrogen-bond acceptors (Lipinski definition) is 4. The van der Waals surface area contributed by atoms with E-state index in [9.17, 15) is 39.6 Å². The van der Waals surface area contributed by atoms with Crippen LogP contribution in [0.4, 0.5) is 32.2 Å². The molecule has 1 aliphatic carbocycles. The Labute approximate surface area is 167 Å². The number of benzene rings is 1. The van der Waals surface area contributed by atoms with Crippen molar-refractivity contribution in [3.8, 4) is 0 Å². The highest BCUT2D eigenvalue weighted by molar-refractivity contribution is 7.92. The molecule has 30 heavy (non-hydrogen) atoms. The average molecular weight is 452 g/mol. The summed E-state index contributed by atoms with van der Waals surface area (Å²) in [4.78, 5) is 15.2. The highest BCUT2D eigenvalue weighted by Gasteiger charge is 2.43. The van der Waals surface area contributed by atoms with Gasteiger partial charge in [0.15, 0.2) is 9.84 Å². The van der Waals surface area contributed by atoms with Crippen LogP contribution in [0.15, 0.2) is 47.5 Å². The topological polar surface area (TPSA) is 76.1 Å². The third-order valence-corrected chi connectivity index (χ3v) is 6.91. The molecule has 1 heterocycles. The lowest BCUT2D eigenvalue weighted by Gasteiger charge is -2.33. The number of halogens is 6. The molecule has 1 N–H and O–H groups in total. The van der Waals surface area contributed by atoms with E-state index >= 15 is 0 Å². The zero-order chi connectivity index (χ0) is 22.3. The number of nitrogens with one attached hydrogen (secondary N) is 1. The number of anilines is 1. The molecule has 1 amide bonds. The van der Waals surface area contributed by atoms with E-state index in [4.69, 9.17) is 0 Å². The molecule has 1 aliphatic rings. The number of rotatable bonds is 4. The van der Waals surface area contributed by atoms with Crippen LogP contribution in [0, 0.1) is 5.92 Å². The van der Waals surface area contributed by atoms with E-state index in [-0.39, 0.29) is 18.7 Å². The number of sulfone groups is 1. The molecule has 12 heteroatoms. The van der Waals surface area contributed by atoms with Gasteiger partial charge in [-0.3, -0.25) is 4.79 Å². The number of pyridine rings is 1. The molecular formula is C18H14F6N2O3S. The Bertz CT molecular complexity index is 1040. The van der Waals surface area contributed by atoms with Crippen molar-refractivity contribution < 1.29 is 39.6 Å². The van der Waals surface area contributed by atoms with Crippen LogP contribution in [0.1, 0.15) is 24.0 Å². The molecule has 2 aromatic rings. The van der Waals surface area contributed by atoms with Gasteiger partial charge < -0.3 is 5.32 Å². The minimum Gasteiger partial charge on any atom is -0.310 e. The summed E-state index contributed by atoms with van der Waals surface area (Å²) in [6, 6.07) is 5.07. The van der Waals surface area contributed by atoms with Gasteiger partial charge in [-0.15, -0.1) is 0 Å². The zero-order valence-electron chi connectivity index (χ0n) is 15.0.